The number of benzene rings is 1. The van der Waals surface area contributed by atoms with Gasteiger partial charge in [-0.15, -0.1) is 12.4 Å². The minimum atomic E-state index is -0.456. The zero-order valence-electron chi connectivity index (χ0n) is 8.62. The minimum Gasteiger partial charge on any atom is -0.506 e. The molecule has 5 heteroatoms. The topological polar surface area (TPSA) is 46.2 Å². The monoisotopic (exact) mass is 265 g/mol. The standard InChI is InChI=1S/C11H13ClFNO.ClH/c12-9-5-7(13)4-8(11(9)15)10(14)6-2-1-3-6;/h4-6,10,15H,1-3,14H2;1H/t10-;/m0./s1. The van der Waals surface area contributed by atoms with Crippen molar-refractivity contribution in [3.63, 3.8) is 0 Å². The van der Waals surface area contributed by atoms with Gasteiger partial charge in [0.15, 0.2) is 0 Å². The van der Waals surface area contributed by atoms with Crippen molar-refractivity contribution in [3.8, 4) is 5.75 Å². The Hall–Kier alpha value is -0.510. The zero-order valence-corrected chi connectivity index (χ0v) is 10.2. The van der Waals surface area contributed by atoms with E-state index in [4.69, 9.17) is 17.3 Å². The predicted octanol–water partition coefficient (Wildman–Crippen LogP) is 3.41. The maximum absolute atomic E-state index is 13.1. The van der Waals surface area contributed by atoms with Crippen LogP contribution in [0.5, 0.6) is 5.75 Å². The smallest absolute Gasteiger partial charge is 0.139 e. The zero-order chi connectivity index (χ0) is 11.0. The van der Waals surface area contributed by atoms with Crippen molar-refractivity contribution in [1.29, 1.82) is 0 Å². The van der Waals surface area contributed by atoms with E-state index in [2.05, 4.69) is 0 Å². The Bertz CT molecular complexity index is 382. The molecule has 0 heterocycles. The second-order valence-electron chi connectivity index (χ2n) is 4.04. The van der Waals surface area contributed by atoms with Gasteiger partial charge in [-0.1, -0.05) is 18.0 Å². The van der Waals surface area contributed by atoms with Crippen LogP contribution in [0.15, 0.2) is 12.1 Å². The van der Waals surface area contributed by atoms with Crippen LogP contribution in [0.3, 0.4) is 0 Å². The van der Waals surface area contributed by atoms with Gasteiger partial charge in [-0.05, 0) is 30.9 Å². The van der Waals surface area contributed by atoms with Gasteiger partial charge in [0, 0.05) is 11.6 Å². The number of halogens is 3. The molecule has 2 rings (SSSR count). The Morgan fingerprint density at radius 2 is 2.06 bits per heavy atom. The fourth-order valence-electron chi connectivity index (χ4n) is 1.89. The van der Waals surface area contributed by atoms with Crippen LogP contribution in [-0.2, 0) is 0 Å². The Morgan fingerprint density at radius 1 is 1.44 bits per heavy atom. The molecule has 2 nitrogen and oxygen atoms in total. The number of aromatic hydroxyl groups is 1. The summed E-state index contributed by atoms with van der Waals surface area (Å²) in [6.07, 6.45) is 3.23. The molecule has 90 valence electrons. The lowest BCUT2D eigenvalue weighted by molar-refractivity contribution is 0.260. The summed E-state index contributed by atoms with van der Waals surface area (Å²) in [5, 5.41) is 9.71. The average Bonchev–Trinajstić information content (AvgIpc) is 2.08. The first kappa shape index (κ1) is 13.6. The van der Waals surface area contributed by atoms with Gasteiger partial charge in [0.25, 0.3) is 0 Å². The number of phenols is 1. The molecule has 1 atom stereocenters. The highest BCUT2D eigenvalue weighted by Gasteiger charge is 2.28. The lowest BCUT2D eigenvalue weighted by Gasteiger charge is -2.31. The van der Waals surface area contributed by atoms with Crippen molar-refractivity contribution in [1.82, 2.24) is 0 Å². The maximum Gasteiger partial charge on any atom is 0.139 e. The normalized spacial score (nSPS) is 17.4. The van der Waals surface area contributed by atoms with Crippen molar-refractivity contribution in [3.05, 3.63) is 28.5 Å². The highest BCUT2D eigenvalue weighted by Crippen LogP contribution is 2.41. The van der Waals surface area contributed by atoms with E-state index in [-0.39, 0.29) is 29.2 Å². The summed E-state index contributed by atoms with van der Waals surface area (Å²) < 4.78 is 13.1. The first-order valence-corrected chi connectivity index (χ1v) is 5.41. The second kappa shape index (κ2) is 5.21. The van der Waals surface area contributed by atoms with Gasteiger partial charge in [-0.2, -0.15) is 0 Å². The molecular weight excluding hydrogens is 252 g/mol. The van der Waals surface area contributed by atoms with Crippen molar-refractivity contribution in [2.45, 2.75) is 25.3 Å². The van der Waals surface area contributed by atoms with Gasteiger partial charge < -0.3 is 10.8 Å². The van der Waals surface area contributed by atoms with E-state index in [0.29, 0.717) is 11.5 Å². The lowest BCUT2D eigenvalue weighted by Crippen LogP contribution is -2.27. The van der Waals surface area contributed by atoms with Crippen LogP contribution in [0, 0.1) is 11.7 Å². The van der Waals surface area contributed by atoms with Crippen LogP contribution < -0.4 is 5.73 Å². The Kier molecular flexibility index (Phi) is 4.42. The van der Waals surface area contributed by atoms with Crippen molar-refractivity contribution < 1.29 is 9.50 Å². The largest absolute Gasteiger partial charge is 0.506 e. The number of hydrogen-bond donors (Lipinski definition) is 2. The number of phenolic OH excluding ortho intramolecular Hbond substituents is 1. The summed E-state index contributed by atoms with van der Waals surface area (Å²) in [4.78, 5) is 0. The summed E-state index contributed by atoms with van der Waals surface area (Å²) in [5.41, 5.74) is 6.37. The van der Waals surface area contributed by atoms with E-state index >= 15 is 0 Å². The van der Waals surface area contributed by atoms with Gasteiger partial charge in [0.2, 0.25) is 0 Å². The fraction of sp³-hybridized carbons (Fsp3) is 0.455. The summed E-state index contributed by atoms with van der Waals surface area (Å²) >= 11 is 5.68. The predicted molar refractivity (Wildman–Crippen MR) is 64.6 cm³/mol. The third-order valence-electron chi connectivity index (χ3n) is 3.07. The van der Waals surface area contributed by atoms with Crippen molar-refractivity contribution in [2.24, 2.45) is 11.7 Å². The van der Waals surface area contributed by atoms with Gasteiger partial charge in [0.05, 0.1) is 5.02 Å². The van der Waals surface area contributed by atoms with Gasteiger partial charge >= 0.3 is 0 Å². The fourth-order valence-corrected chi connectivity index (χ4v) is 2.11. The minimum absolute atomic E-state index is 0. The molecule has 0 amide bonds. The van der Waals surface area contributed by atoms with E-state index in [1.165, 1.54) is 6.07 Å². The van der Waals surface area contributed by atoms with Gasteiger partial charge in [-0.25, -0.2) is 4.39 Å². The third-order valence-corrected chi connectivity index (χ3v) is 3.36. The molecule has 1 aromatic carbocycles. The van der Waals surface area contributed by atoms with Crippen LogP contribution in [0.1, 0.15) is 30.9 Å². The highest BCUT2D eigenvalue weighted by atomic mass is 35.5. The molecule has 0 aromatic heterocycles. The van der Waals surface area contributed by atoms with Crippen LogP contribution >= 0.6 is 24.0 Å². The van der Waals surface area contributed by atoms with Crippen LogP contribution in [0.25, 0.3) is 0 Å². The number of rotatable bonds is 2. The van der Waals surface area contributed by atoms with Crippen LogP contribution in [-0.4, -0.2) is 5.11 Å². The molecule has 16 heavy (non-hydrogen) atoms. The number of nitrogens with two attached hydrogens (primary N) is 1. The van der Waals surface area contributed by atoms with Crippen LogP contribution in [0.2, 0.25) is 5.02 Å². The van der Waals surface area contributed by atoms with E-state index in [9.17, 15) is 9.50 Å². The van der Waals surface area contributed by atoms with E-state index < -0.39 is 5.82 Å². The molecule has 1 aliphatic rings. The highest BCUT2D eigenvalue weighted by molar-refractivity contribution is 6.32. The molecule has 1 fully saturated rings. The summed E-state index contributed by atoms with van der Waals surface area (Å²) in [6, 6.07) is 2.05. The molecule has 1 aliphatic carbocycles. The molecule has 0 spiro atoms. The van der Waals surface area contributed by atoms with Crippen molar-refractivity contribution >= 4 is 24.0 Å². The van der Waals surface area contributed by atoms with Gasteiger partial charge in [-0.3, -0.25) is 0 Å². The number of hydrogen-bond acceptors (Lipinski definition) is 2. The first-order chi connectivity index (χ1) is 7.09. The quantitative estimate of drug-likeness (QED) is 0.861. The molecule has 0 aliphatic heterocycles. The van der Waals surface area contributed by atoms with E-state index in [0.717, 1.165) is 25.3 Å². The molecule has 3 N–H and O–H groups in total. The molecule has 1 aromatic rings. The Labute approximate surface area is 105 Å². The molecule has 0 saturated heterocycles. The molecule has 1 saturated carbocycles. The van der Waals surface area contributed by atoms with Gasteiger partial charge in [0.1, 0.15) is 11.6 Å². The summed E-state index contributed by atoms with van der Waals surface area (Å²) in [5.74, 6) is -0.200. The average molecular weight is 266 g/mol. The summed E-state index contributed by atoms with van der Waals surface area (Å²) in [6.45, 7) is 0. The van der Waals surface area contributed by atoms with Crippen LogP contribution in [0.4, 0.5) is 4.39 Å². The molecular formula is C11H14Cl2FNO. The Morgan fingerprint density at radius 3 is 2.56 bits per heavy atom. The van der Waals surface area contributed by atoms with Crippen molar-refractivity contribution in [2.75, 3.05) is 0 Å². The Balaban J connectivity index is 0.00000128. The SMILES string of the molecule is Cl.N[C@H](c1cc(F)cc(Cl)c1O)C1CCC1. The first-order valence-electron chi connectivity index (χ1n) is 5.03. The van der Waals surface area contributed by atoms with E-state index in [1.54, 1.807) is 0 Å². The third kappa shape index (κ3) is 2.42. The maximum atomic E-state index is 13.1. The molecule has 0 bridgehead atoms. The summed E-state index contributed by atoms with van der Waals surface area (Å²) in [7, 11) is 0. The molecule has 0 radical (unpaired) electrons. The lowest BCUT2D eigenvalue weighted by atomic mass is 9.77. The molecule has 0 unspecified atom stereocenters. The second-order valence-corrected chi connectivity index (χ2v) is 4.45. The van der Waals surface area contributed by atoms with E-state index in [1.807, 2.05) is 0 Å².